The van der Waals surface area contributed by atoms with Crippen LogP contribution in [0, 0.1) is 6.92 Å². The third kappa shape index (κ3) is 4.66. The number of halogens is 1. The van der Waals surface area contributed by atoms with Gasteiger partial charge in [-0.1, -0.05) is 13.3 Å². The SMILES string of the molecule is CCCc1cc(=O)oc2c(C)c(O)c(C[NH2+]c3ccc(OCC)cc3)cc12.[Cl-]. The summed E-state index contributed by atoms with van der Waals surface area (Å²) in [6.45, 7) is 7.05. The quantitative estimate of drug-likeness (QED) is 0.446. The van der Waals surface area contributed by atoms with E-state index in [0.29, 0.717) is 24.3 Å². The Kier molecular flexibility index (Phi) is 7.49. The fraction of sp³-hybridized carbons (Fsp3) is 0.318. The van der Waals surface area contributed by atoms with Crippen LogP contribution in [-0.4, -0.2) is 11.7 Å². The third-order valence-corrected chi connectivity index (χ3v) is 4.67. The van der Waals surface area contributed by atoms with Crippen LogP contribution in [0.5, 0.6) is 11.5 Å². The molecule has 5 nitrogen and oxygen atoms in total. The summed E-state index contributed by atoms with van der Waals surface area (Å²) in [4.78, 5) is 11.8. The van der Waals surface area contributed by atoms with Crippen molar-refractivity contribution in [2.45, 2.75) is 40.2 Å². The van der Waals surface area contributed by atoms with Gasteiger partial charge in [-0.15, -0.1) is 0 Å². The van der Waals surface area contributed by atoms with Gasteiger partial charge in [-0.05, 0) is 44.0 Å². The van der Waals surface area contributed by atoms with Crippen LogP contribution in [-0.2, 0) is 13.0 Å². The highest BCUT2D eigenvalue weighted by molar-refractivity contribution is 5.86. The number of hydrogen-bond donors (Lipinski definition) is 2. The van der Waals surface area contributed by atoms with Gasteiger partial charge in [0.05, 0.1) is 6.61 Å². The lowest BCUT2D eigenvalue weighted by Gasteiger charge is -2.12. The minimum Gasteiger partial charge on any atom is -1.00 e. The van der Waals surface area contributed by atoms with Crippen molar-refractivity contribution in [3.8, 4) is 11.5 Å². The molecule has 3 rings (SSSR count). The maximum Gasteiger partial charge on any atom is 0.336 e. The Hall–Kier alpha value is -2.50. The molecule has 0 spiro atoms. The maximum atomic E-state index is 11.8. The van der Waals surface area contributed by atoms with Crippen molar-refractivity contribution in [1.82, 2.24) is 0 Å². The molecule has 0 saturated heterocycles. The van der Waals surface area contributed by atoms with E-state index in [-0.39, 0.29) is 23.8 Å². The van der Waals surface area contributed by atoms with Crippen molar-refractivity contribution in [1.29, 1.82) is 0 Å². The molecule has 2 aromatic carbocycles. The van der Waals surface area contributed by atoms with Gasteiger partial charge in [-0.3, -0.25) is 0 Å². The molecule has 1 aromatic heterocycles. The van der Waals surface area contributed by atoms with Crippen LogP contribution in [0.2, 0.25) is 0 Å². The van der Waals surface area contributed by atoms with E-state index in [0.717, 1.165) is 40.8 Å². The largest absolute Gasteiger partial charge is 1.00 e. The van der Waals surface area contributed by atoms with E-state index in [9.17, 15) is 9.90 Å². The Morgan fingerprint density at radius 2 is 1.82 bits per heavy atom. The maximum absolute atomic E-state index is 11.8. The van der Waals surface area contributed by atoms with E-state index in [4.69, 9.17) is 9.15 Å². The van der Waals surface area contributed by atoms with E-state index in [1.807, 2.05) is 37.3 Å². The zero-order valence-electron chi connectivity index (χ0n) is 16.4. The smallest absolute Gasteiger partial charge is 0.336 e. The average Bonchev–Trinajstić information content (AvgIpc) is 2.66. The standard InChI is InChI=1S/C22H25NO4.ClH/c1-4-6-15-12-20(24)27-22-14(3)21(25)16(11-19(15)22)13-23-17-7-9-18(10-8-17)26-5-2;/h7-12,23,25H,4-6,13H2,1-3H3;1H. The zero-order valence-corrected chi connectivity index (χ0v) is 17.2. The fourth-order valence-corrected chi connectivity index (χ4v) is 3.31. The number of ether oxygens (including phenoxy) is 1. The normalized spacial score (nSPS) is 10.7. The van der Waals surface area contributed by atoms with Crippen molar-refractivity contribution in [3.63, 3.8) is 0 Å². The van der Waals surface area contributed by atoms with Crippen molar-refractivity contribution in [2.24, 2.45) is 0 Å². The first-order chi connectivity index (χ1) is 13.0. The van der Waals surface area contributed by atoms with Crippen LogP contribution in [0.1, 0.15) is 37.0 Å². The zero-order chi connectivity index (χ0) is 19.4. The number of quaternary nitrogens is 1. The molecule has 0 amide bonds. The van der Waals surface area contributed by atoms with Crippen LogP contribution >= 0.6 is 0 Å². The lowest BCUT2D eigenvalue weighted by Crippen LogP contribution is -3.00. The van der Waals surface area contributed by atoms with Crippen molar-refractivity contribution in [2.75, 3.05) is 6.61 Å². The number of rotatable bonds is 7. The number of hydrogen-bond acceptors (Lipinski definition) is 4. The third-order valence-electron chi connectivity index (χ3n) is 4.67. The number of phenols is 1. The van der Waals surface area contributed by atoms with E-state index < -0.39 is 0 Å². The van der Waals surface area contributed by atoms with E-state index in [2.05, 4.69) is 12.2 Å². The van der Waals surface area contributed by atoms with E-state index in [1.165, 1.54) is 0 Å². The van der Waals surface area contributed by atoms with Crippen LogP contribution in [0.15, 0.2) is 45.6 Å². The molecule has 0 fully saturated rings. The molecule has 3 N–H and O–H groups in total. The van der Waals surface area contributed by atoms with Gasteiger partial charge in [0.2, 0.25) is 0 Å². The molecule has 3 aromatic rings. The number of fused-ring (bicyclic) bond motifs is 1. The summed E-state index contributed by atoms with van der Waals surface area (Å²) in [6.07, 6.45) is 1.74. The summed E-state index contributed by atoms with van der Waals surface area (Å²) < 4.78 is 10.8. The predicted octanol–water partition coefficient (Wildman–Crippen LogP) is 0.557. The first-order valence-corrected chi connectivity index (χ1v) is 9.37. The highest BCUT2D eigenvalue weighted by Crippen LogP contribution is 2.31. The second-order valence-electron chi connectivity index (χ2n) is 6.64. The van der Waals surface area contributed by atoms with Gasteiger partial charge < -0.3 is 32.0 Å². The molecule has 0 aliphatic carbocycles. The summed E-state index contributed by atoms with van der Waals surface area (Å²) in [5, 5.41) is 13.6. The second-order valence-corrected chi connectivity index (χ2v) is 6.64. The summed E-state index contributed by atoms with van der Waals surface area (Å²) in [7, 11) is 0. The Morgan fingerprint density at radius 3 is 2.46 bits per heavy atom. The predicted molar refractivity (Wildman–Crippen MR) is 106 cm³/mol. The minimum atomic E-state index is -0.373. The molecule has 28 heavy (non-hydrogen) atoms. The molecule has 0 aliphatic rings. The Morgan fingerprint density at radius 1 is 1.11 bits per heavy atom. The molecule has 0 unspecified atom stereocenters. The number of aromatic hydroxyl groups is 1. The van der Waals surface area contributed by atoms with Gasteiger partial charge in [-0.2, -0.15) is 0 Å². The van der Waals surface area contributed by atoms with Crippen LogP contribution in [0.3, 0.4) is 0 Å². The van der Waals surface area contributed by atoms with Gasteiger partial charge in [0, 0.05) is 34.7 Å². The van der Waals surface area contributed by atoms with E-state index in [1.54, 1.807) is 13.0 Å². The van der Waals surface area contributed by atoms with Gasteiger partial charge in [0.1, 0.15) is 29.3 Å². The Bertz CT molecular complexity index is 996. The molecule has 0 radical (unpaired) electrons. The topological polar surface area (TPSA) is 76.3 Å². The van der Waals surface area contributed by atoms with E-state index >= 15 is 0 Å². The summed E-state index contributed by atoms with van der Waals surface area (Å²) in [6, 6.07) is 11.4. The van der Waals surface area contributed by atoms with Crippen molar-refractivity contribution < 1.29 is 32.0 Å². The van der Waals surface area contributed by atoms with Gasteiger partial charge in [-0.25, -0.2) is 4.79 Å². The number of phenolic OH excluding ortho intramolecular Hbond substituents is 1. The molecule has 1 heterocycles. The second kappa shape index (κ2) is 9.62. The summed E-state index contributed by atoms with van der Waals surface area (Å²) in [5.41, 5.74) is 3.56. The minimum absolute atomic E-state index is 0. The number of benzene rings is 2. The monoisotopic (exact) mass is 403 g/mol. The number of aryl methyl sites for hydroxylation is 2. The first-order valence-electron chi connectivity index (χ1n) is 9.37. The van der Waals surface area contributed by atoms with Gasteiger partial charge >= 0.3 is 5.63 Å². The molecular weight excluding hydrogens is 378 g/mol. The van der Waals surface area contributed by atoms with Crippen LogP contribution in [0.4, 0.5) is 5.69 Å². The molecule has 150 valence electrons. The molecule has 0 atom stereocenters. The molecule has 0 saturated carbocycles. The average molecular weight is 404 g/mol. The Balaban J connectivity index is 0.00000280. The Labute approximate surface area is 170 Å². The van der Waals surface area contributed by atoms with Crippen LogP contribution in [0.25, 0.3) is 11.0 Å². The van der Waals surface area contributed by atoms with Crippen molar-refractivity contribution in [3.05, 3.63) is 63.5 Å². The summed E-state index contributed by atoms with van der Waals surface area (Å²) in [5.74, 6) is 1.03. The lowest BCUT2D eigenvalue weighted by atomic mass is 9.99. The molecule has 0 aliphatic heterocycles. The molecular formula is C22H26ClNO4. The van der Waals surface area contributed by atoms with Crippen molar-refractivity contribution >= 4 is 16.7 Å². The molecule has 6 heteroatoms. The first kappa shape index (κ1) is 21.8. The number of nitrogens with two attached hydrogens (primary N) is 1. The van der Waals surface area contributed by atoms with Gasteiger partial charge in [0.15, 0.2) is 0 Å². The summed E-state index contributed by atoms with van der Waals surface area (Å²) >= 11 is 0. The van der Waals surface area contributed by atoms with Gasteiger partial charge in [0.25, 0.3) is 0 Å². The highest BCUT2D eigenvalue weighted by Gasteiger charge is 2.16. The highest BCUT2D eigenvalue weighted by atomic mass is 35.5. The fourth-order valence-electron chi connectivity index (χ4n) is 3.31. The molecule has 0 bridgehead atoms. The van der Waals surface area contributed by atoms with Crippen LogP contribution < -0.4 is 28.1 Å². The lowest BCUT2D eigenvalue weighted by molar-refractivity contribution is -0.588.